The number of ketones is 1. The van der Waals surface area contributed by atoms with E-state index in [9.17, 15) is 9.59 Å². The van der Waals surface area contributed by atoms with Crippen molar-refractivity contribution in [3.8, 4) is 0 Å². The lowest BCUT2D eigenvalue weighted by Crippen LogP contribution is -2.30. The monoisotopic (exact) mass is 255 g/mol. The molecule has 0 saturated carbocycles. The van der Waals surface area contributed by atoms with Crippen LogP contribution in [0.3, 0.4) is 0 Å². The lowest BCUT2D eigenvalue weighted by Gasteiger charge is -2.04. The van der Waals surface area contributed by atoms with E-state index in [0.29, 0.717) is 5.56 Å². The highest BCUT2D eigenvalue weighted by atomic mass is 79.9. The van der Waals surface area contributed by atoms with Crippen molar-refractivity contribution in [1.82, 2.24) is 0 Å². The highest BCUT2D eigenvalue weighted by Crippen LogP contribution is 2.11. The molecule has 0 bridgehead atoms. The molecule has 4 heteroatoms. The van der Waals surface area contributed by atoms with Crippen LogP contribution in [-0.2, 0) is 4.79 Å². The zero-order valence-corrected chi connectivity index (χ0v) is 9.24. The van der Waals surface area contributed by atoms with Gasteiger partial charge in [-0.3, -0.25) is 9.59 Å². The Morgan fingerprint density at radius 1 is 1.29 bits per heavy atom. The lowest BCUT2D eigenvalue weighted by molar-refractivity contribution is -0.116. The minimum Gasteiger partial charge on any atom is -0.368 e. The molecule has 14 heavy (non-hydrogen) atoms. The van der Waals surface area contributed by atoms with Crippen LogP contribution in [0, 0.1) is 6.92 Å². The molecule has 0 fully saturated rings. The van der Waals surface area contributed by atoms with E-state index in [1.807, 2.05) is 19.1 Å². The lowest BCUT2D eigenvalue weighted by atomic mass is 10.1. The van der Waals surface area contributed by atoms with Crippen molar-refractivity contribution in [2.75, 3.05) is 0 Å². The van der Waals surface area contributed by atoms with Crippen molar-refractivity contribution in [1.29, 1.82) is 0 Å². The van der Waals surface area contributed by atoms with Gasteiger partial charge < -0.3 is 5.73 Å². The van der Waals surface area contributed by atoms with Crippen LogP contribution in [0.15, 0.2) is 24.3 Å². The van der Waals surface area contributed by atoms with Crippen molar-refractivity contribution in [2.24, 2.45) is 5.73 Å². The van der Waals surface area contributed by atoms with E-state index in [4.69, 9.17) is 5.73 Å². The molecule has 1 aromatic carbocycles. The minimum absolute atomic E-state index is 0.308. The number of alkyl halides is 1. The van der Waals surface area contributed by atoms with Gasteiger partial charge >= 0.3 is 0 Å². The van der Waals surface area contributed by atoms with Crippen LogP contribution in [0.25, 0.3) is 0 Å². The van der Waals surface area contributed by atoms with Crippen LogP contribution < -0.4 is 5.73 Å². The molecule has 0 aliphatic rings. The van der Waals surface area contributed by atoms with Crippen LogP contribution in [0.2, 0.25) is 0 Å². The quantitative estimate of drug-likeness (QED) is 0.505. The van der Waals surface area contributed by atoms with Crippen molar-refractivity contribution >= 4 is 27.6 Å². The third-order valence-corrected chi connectivity index (χ3v) is 2.68. The molecule has 3 nitrogen and oxygen atoms in total. The average Bonchev–Trinajstić information content (AvgIpc) is 2.16. The molecule has 0 aromatic heterocycles. The van der Waals surface area contributed by atoms with Gasteiger partial charge in [-0.05, 0) is 6.92 Å². The third-order valence-electron chi connectivity index (χ3n) is 1.82. The summed E-state index contributed by atoms with van der Waals surface area (Å²) < 4.78 is 0. The maximum absolute atomic E-state index is 11.5. The summed E-state index contributed by atoms with van der Waals surface area (Å²) >= 11 is 2.94. The van der Waals surface area contributed by atoms with Crippen LogP contribution in [0.1, 0.15) is 15.9 Å². The first-order valence-electron chi connectivity index (χ1n) is 4.06. The molecule has 0 aliphatic heterocycles. The zero-order valence-electron chi connectivity index (χ0n) is 7.66. The number of carbonyl (C=O) groups excluding carboxylic acids is 2. The maximum atomic E-state index is 11.5. The van der Waals surface area contributed by atoms with Gasteiger partial charge in [0.25, 0.3) is 0 Å². The SMILES string of the molecule is Cc1ccc(C(=O)[C@H](Br)C(N)=O)cc1. The second kappa shape index (κ2) is 4.37. The van der Waals surface area contributed by atoms with E-state index in [2.05, 4.69) is 15.9 Å². The van der Waals surface area contributed by atoms with E-state index in [1.54, 1.807) is 12.1 Å². The number of carbonyl (C=O) groups is 2. The van der Waals surface area contributed by atoms with Gasteiger partial charge in [0.05, 0.1) is 0 Å². The predicted octanol–water partition coefficient (Wildman–Crippen LogP) is 1.43. The van der Waals surface area contributed by atoms with Gasteiger partial charge in [-0.2, -0.15) is 0 Å². The molecular formula is C10H10BrNO2. The number of Topliss-reactive ketones (excluding diaryl/α,β-unsaturated/α-hetero) is 1. The van der Waals surface area contributed by atoms with Crippen LogP contribution in [0.4, 0.5) is 0 Å². The smallest absolute Gasteiger partial charge is 0.239 e. The Labute approximate surface area is 90.4 Å². The minimum atomic E-state index is -0.940. The van der Waals surface area contributed by atoms with Crippen LogP contribution in [-0.4, -0.2) is 16.5 Å². The fourth-order valence-electron chi connectivity index (χ4n) is 0.993. The van der Waals surface area contributed by atoms with Gasteiger partial charge in [0.1, 0.15) is 0 Å². The Morgan fingerprint density at radius 3 is 2.21 bits per heavy atom. The first-order valence-corrected chi connectivity index (χ1v) is 4.98. The number of hydrogen-bond acceptors (Lipinski definition) is 2. The normalized spacial score (nSPS) is 12.1. The molecule has 0 saturated heterocycles. The van der Waals surface area contributed by atoms with E-state index in [-0.39, 0.29) is 5.78 Å². The Morgan fingerprint density at radius 2 is 1.79 bits per heavy atom. The maximum Gasteiger partial charge on any atom is 0.239 e. The molecule has 74 valence electrons. The topological polar surface area (TPSA) is 60.2 Å². The number of nitrogens with two attached hydrogens (primary N) is 1. The second-order valence-electron chi connectivity index (χ2n) is 3.00. The van der Waals surface area contributed by atoms with Crippen molar-refractivity contribution < 1.29 is 9.59 Å². The van der Waals surface area contributed by atoms with Crippen molar-refractivity contribution in [3.63, 3.8) is 0 Å². The Hall–Kier alpha value is -1.16. The third kappa shape index (κ3) is 2.42. The molecule has 2 N–H and O–H groups in total. The first kappa shape index (κ1) is 10.9. The highest BCUT2D eigenvalue weighted by Gasteiger charge is 2.21. The zero-order chi connectivity index (χ0) is 10.7. The summed E-state index contributed by atoms with van der Waals surface area (Å²) in [6.45, 7) is 1.92. The first-order chi connectivity index (χ1) is 6.52. The molecule has 1 rings (SSSR count). The largest absolute Gasteiger partial charge is 0.368 e. The van der Waals surface area contributed by atoms with Gasteiger partial charge in [-0.25, -0.2) is 0 Å². The Balaban J connectivity index is 2.90. The summed E-state index contributed by atoms with van der Waals surface area (Å²) in [4.78, 5) is 21.3. The van der Waals surface area contributed by atoms with E-state index in [1.165, 1.54) is 0 Å². The van der Waals surface area contributed by atoms with Gasteiger partial charge in [0, 0.05) is 5.56 Å². The summed E-state index contributed by atoms with van der Waals surface area (Å²) in [5.74, 6) is -0.979. The molecule has 0 aliphatic carbocycles. The summed E-state index contributed by atoms with van der Waals surface area (Å²) in [5.41, 5.74) is 6.54. The van der Waals surface area contributed by atoms with E-state index < -0.39 is 10.7 Å². The summed E-state index contributed by atoms with van der Waals surface area (Å²) in [5, 5.41) is 0. The molecule has 0 spiro atoms. The Kier molecular flexibility index (Phi) is 3.41. The second-order valence-corrected chi connectivity index (χ2v) is 3.91. The van der Waals surface area contributed by atoms with Crippen molar-refractivity contribution in [3.05, 3.63) is 35.4 Å². The van der Waals surface area contributed by atoms with E-state index >= 15 is 0 Å². The fourth-order valence-corrected chi connectivity index (χ4v) is 1.26. The number of rotatable bonds is 3. The highest BCUT2D eigenvalue weighted by molar-refractivity contribution is 9.10. The molecule has 0 heterocycles. The number of hydrogen-bond donors (Lipinski definition) is 1. The van der Waals surface area contributed by atoms with Crippen molar-refractivity contribution in [2.45, 2.75) is 11.8 Å². The van der Waals surface area contributed by atoms with Gasteiger partial charge in [0.2, 0.25) is 5.91 Å². The average molecular weight is 256 g/mol. The number of amides is 1. The molecule has 1 aromatic rings. The number of halogens is 1. The number of aryl methyl sites for hydroxylation is 1. The Bertz CT molecular complexity index is 359. The molecule has 1 atom stereocenters. The molecule has 0 radical (unpaired) electrons. The molecule has 1 amide bonds. The molecular weight excluding hydrogens is 246 g/mol. The summed E-state index contributed by atoms with van der Waals surface area (Å²) in [6.07, 6.45) is 0. The fraction of sp³-hybridized carbons (Fsp3) is 0.200. The molecule has 0 unspecified atom stereocenters. The van der Waals surface area contributed by atoms with Gasteiger partial charge in [-0.15, -0.1) is 0 Å². The van der Waals surface area contributed by atoms with Gasteiger partial charge in [0.15, 0.2) is 10.6 Å². The van der Waals surface area contributed by atoms with Crippen LogP contribution >= 0.6 is 15.9 Å². The standard InChI is InChI=1S/C10H10BrNO2/c1-6-2-4-7(5-3-6)9(13)8(11)10(12)14/h2-5,8H,1H3,(H2,12,14)/t8-/m0/s1. The van der Waals surface area contributed by atoms with Gasteiger partial charge in [-0.1, -0.05) is 45.8 Å². The number of primary amides is 1. The number of benzene rings is 1. The summed E-state index contributed by atoms with van der Waals surface area (Å²) in [7, 11) is 0. The predicted molar refractivity (Wildman–Crippen MR) is 57.4 cm³/mol. The van der Waals surface area contributed by atoms with Crippen LogP contribution in [0.5, 0.6) is 0 Å². The summed E-state index contributed by atoms with van der Waals surface area (Å²) in [6, 6.07) is 6.98. The van der Waals surface area contributed by atoms with E-state index in [0.717, 1.165) is 5.56 Å².